The first-order valence-electron chi connectivity index (χ1n) is 35.8. The number of para-hydroxylation sites is 1. The molecule has 0 bridgehead atoms. The molecule has 0 spiro atoms. The maximum atomic E-state index is 15.1. The largest absolute Gasteiger partial charge is 0.481 e. The number of H-pyrrole nitrogens is 2. The Morgan fingerprint density at radius 3 is 1.94 bits per heavy atom. The average Bonchev–Trinajstić information content (AvgIpc) is 1.63. The molecule has 22 N–H and O–H groups in total. The molecule has 3 saturated heterocycles. The number of imidazole rings is 1. The van der Waals surface area contributed by atoms with Crippen LogP contribution in [0.1, 0.15) is 107 Å². The summed E-state index contributed by atoms with van der Waals surface area (Å²) in [5.74, 6) is -14.4. The van der Waals surface area contributed by atoms with Crippen LogP contribution in [-0.4, -0.2) is 239 Å². The number of carboxylic acids is 3. The van der Waals surface area contributed by atoms with E-state index in [-0.39, 0.29) is 101 Å². The van der Waals surface area contributed by atoms with E-state index in [2.05, 4.69) is 68.1 Å². The van der Waals surface area contributed by atoms with Gasteiger partial charge in [-0.15, -0.1) is 0 Å². The molecule has 10 atom stereocenters. The number of nitrogens with one attached hydrogen (secondary N) is 13. The van der Waals surface area contributed by atoms with Crippen LogP contribution >= 0.6 is 21.6 Å². The highest BCUT2D eigenvalue weighted by molar-refractivity contribution is 8.76. The summed E-state index contributed by atoms with van der Waals surface area (Å²) in [6, 6.07) is 5.71. The lowest BCUT2D eigenvalue weighted by Crippen LogP contribution is -2.60. The molecule has 594 valence electrons. The molecule has 39 heteroatoms. The highest BCUT2D eigenvalue weighted by Crippen LogP contribution is 2.29. The summed E-state index contributed by atoms with van der Waals surface area (Å²) >= 11 is 0. The molecule has 0 saturated carbocycles. The first-order valence-corrected chi connectivity index (χ1v) is 38.3. The third kappa shape index (κ3) is 26.8. The first-order chi connectivity index (χ1) is 52.6. The van der Waals surface area contributed by atoms with Crippen molar-refractivity contribution in [3.63, 3.8) is 0 Å². The first kappa shape index (κ1) is 85.9. The molecular formula is C71H95N19O18S2. The lowest BCUT2D eigenvalue weighted by Gasteiger charge is -2.33. The molecule has 3 aliphatic heterocycles. The zero-order valence-electron chi connectivity index (χ0n) is 60.5. The molecule has 12 amide bonds. The Morgan fingerprint density at radius 1 is 0.655 bits per heavy atom. The third-order valence-electron chi connectivity index (χ3n) is 18.2. The van der Waals surface area contributed by atoms with Crippen molar-refractivity contribution in [3.8, 4) is 0 Å². The van der Waals surface area contributed by atoms with Gasteiger partial charge in [-0.2, -0.15) is 0 Å². The van der Waals surface area contributed by atoms with Gasteiger partial charge in [-0.25, -0.2) is 4.98 Å². The number of fused-ring (bicyclic) bond motifs is 2. The quantitative estimate of drug-likeness (QED) is 0.0125. The molecule has 3 fully saturated rings. The summed E-state index contributed by atoms with van der Waals surface area (Å²) in [4.78, 5) is 218. The fourth-order valence-electron chi connectivity index (χ4n) is 12.8. The highest BCUT2D eigenvalue weighted by Gasteiger charge is 2.45. The molecular weight excluding hydrogens is 1470 g/mol. The van der Waals surface area contributed by atoms with Crippen LogP contribution in [0.25, 0.3) is 21.7 Å². The number of hydrogen-bond donors (Lipinski definition) is 19. The average molecular weight is 1570 g/mol. The number of carbonyl (C=O) groups is 15. The number of carboxylic acid groups (broad SMARTS) is 3. The molecule has 37 nitrogen and oxygen atoms in total. The summed E-state index contributed by atoms with van der Waals surface area (Å²) in [6.07, 6.45) is 3.23. The number of rotatable bonds is 26. The van der Waals surface area contributed by atoms with Crippen LogP contribution in [0, 0.1) is 5.41 Å². The van der Waals surface area contributed by atoms with Gasteiger partial charge in [0.25, 0.3) is 5.97 Å². The second-order valence-corrected chi connectivity index (χ2v) is 29.1. The van der Waals surface area contributed by atoms with Crippen molar-refractivity contribution in [1.82, 2.24) is 77.9 Å². The Labute approximate surface area is 639 Å². The van der Waals surface area contributed by atoms with Gasteiger partial charge < -0.3 is 105 Å². The van der Waals surface area contributed by atoms with Crippen molar-refractivity contribution in [2.45, 2.75) is 170 Å². The van der Waals surface area contributed by atoms with Crippen molar-refractivity contribution >= 4 is 138 Å². The monoisotopic (exact) mass is 1570 g/mol. The maximum Gasteiger partial charge on any atom is 0.305 e. The maximum absolute atomic E-state index is 15.1. The van der Waals surface area contributed by atoms with Crippen LogP contribution in [-0.2, 0) is 91.2 Å². The van der Waals surface area contributed by atoms with E-state index in [9.17, 15) is 63.0 Å². The zero-order valence-corrected chi connectivity index (χ0v) is 62.1. The third-order valence-corrected chi connectivity index (χ3v) is 20.6. The lowest BCUT2D eigenvalue weighted by molar-refractivity contribution is -0.148. The standard InChI is InChI=1S/C69H91N19O16S2.C2H4O2/c70-23-6-5-14-45(61(97)83-48(59(71)95)32-58(93)94)82-66(102)53-16-8-25-87(53)68(104)54-17-9-26-88(54)67(103)52-36-106-105-27-22-55(89)79-47(20-21-57(91)92)63(99)86-51(31-42-34-74-37-78-42)65(101)84-49(29-38-18-19-39-10-1-2-11-40(39)28-38)64(100)81-46(15-7-24-75-69(72)73)62(98)85-50(60(96)77-35-56(90)80-52)30-41-33-76-44-13-4-3-12-43(41)44;1-2(3)4/h1-4,10-13,18-19,28,33-34,37,45-54,76H,5-9,14-17,20-27,29-32,35-36,70H2,(H2,71,95)(H,74,78)(H,77,96)(H,79,89)(H,80,90)(H,81,100)(H,82,102)(H,83,97)(H,84,101)(H,85,98)(H,86,99)(H,91,92)(H,93,94)(H4,72,73,75);1H3,(H,3,4)/t45-,46-,47?,48-,49?,50-,51-,52-,53-,54-;/m0./s1. The molecule has 2 unspecified atom stereocenters. The van der Waals surface area contributed by atoms with Gasteiger partial charge in [-0.1, -0.05) is 82.3 Å². The van der Waals surface area contributed by atoms with E-state index in [0.717, 1.165) is 39.3 Å². The van der Waals surface area contributed by atoms with Gasteiger partial charge in [0, 0.05) is 99.2 Å². The highest BCUT2D eigenvalue weighted by atomic mass is 33.1. The number of aliphatic carboxylic acids is 3. The molecule has 3 aliphatic rings. The van der Waals surface area contributed by atoms with Gasteiger partial charge in [0.15, 0.2) is 5.96 Å². The van der Waals surface area contributed by atoms with Gasteiger partial charge >= 0.3 is 11.9 Å². The SMILES string of the molecule is CC(=O)O.N=C(N)NCCC[C@@H]1NC(=O)C(Cc2ccc3ccccc3c2)NC(=O)[C@H](Cc2cnc[nH]2)NC(=O)C(CCC(=O)O)NC(=O)CCSSC[C@@H](C(=O)N2CCC[C@H]2C(=O)N2CCC[C@H]2C(=O)N[C@@H](CCCCN)C(=O)N[C@@H](CC(=O)O)C(N)=O)NC(=O)CNC(=O)[C@H](Cc2c[nH]c3ccccc23)NC1=O. The van der Waals surface area contributed by atoms with Gasteiger partial charge in [0.2, 0.25) is 70.9 Å². The van der Waals surface area contributed by atoms with E-state index in [1.165, 1.54) is 22.3 Å². The number of carbonyl (C=O) groups excluding carboxylic acids is 12. The lowest BCUT2D eigenvalue weighted by atomic mass is 9.99. The van der Waals surface area contributed by atoms with Gasteiger partial charge in [-0.05, 0) is 98.7 Å². The number of unbranched alkanes of at least 4 members (excludes halogenated alkanes) is 1. The minimum absolute atomic E-state index is 0.00668. The zero-order chi connectivity index (χ0) is 80.0. The van der Waals surface area contributed by atoms with E-state index in [1.807, 2.05) is 36.4 Å². The number of likely N-dealkylation sites (tertiary alicyclic amines) is 2. The second-order valence-electron chi connectivity index (χ2n) is 26.5. The van der Waals surface area contributed by atoms with Crippen LogP contribution in [0.4, 0.5) is 0 Å². The smallest absolute Gasteiger partial charge is 0.305 e. The van der Waals surface area contributed by atoms with Crippen molar-refractivity contribution in [2.75, 3.05) is 44.2 Å². The number of guanidine groups is 1. The van der Waals surface area contributed by atoms with Crippen LogP contribution < -0.4 is 70.4 Å². The van der Waals surface area contributed by atoms with Crippen molar-refractivity contribution in [1.29, 1.82) is 5.41 Å². The predicted octanol–water partition coefficient (Wildman–Crippen LogP) is -1.86. The minimum atomic E-state index is -1.61. The normalized spacial score (nSPS) is 21.3. The van der Waals surface area contributed by atoms with E-state index in [1.54, 1.807) is 36.5 Å². The predicted molar refractivity (Wildman–Crippen MR) is 403 cm³/mol. The number of aromatic nitrogens is 3. The number of nitrogens with two attached hydrogens (primary N) is 3. The fourth-order valence-corrected chi connectivity index (χ4v) is 14.9. The number of aromatic amines is 2. The van der Waals surface area contributed by atoms with Crippen molar-refractivity contribution in [3.05, 3.63) is 102 Å². The molecule has 0 radical (unpaired) electrons. The molecule has 0 aliphatic carbocycles. The summed E-state index contributed by atoms with van der Waals surface area (Å²) < 4.78 is 0. The van der Waals surface area contributed by atoms with Gasteiger partial charge in [0.05, 0.1) is 19.3 Å². The van der Waals surface area contributed by atoms with E-state index < -0.39 is 175 Å². The number of benzene rings is 3. The van der Waals surface area contributed by atoms with Crippen LogP contribution in [0.5, 0.6) is 0 Å². The number of hydrogen-bond acceptors (Lipinski definition) is 20. The van der Waals surface area contributed by atoms with Crippen LogP contribution in [0.15, 0.2) is 85.5 Å². The molecule has 2 aromatic heterocycles. The Kier molecular flexibility index (Phi) is 33.6. The molecule has 5 aromatic rings. The van der Waals surface area contributed by atoms with Crippen LogP contribution in [0.3, 0.4) is 0 Å². The van der Waals surface area contributed by atoms with E-state index in [0.29, 0.717) is 53.4 Å². The molecule has 8 rings (SSSR count). The van der Waals surface area contributed by atoms with Gasteiger partial charge in [0.1, 0.15) is 60.4 Å². The summed E-state index contributed by atoms with van der Waals surface area (Å²) in [6.45, 7) is 0.666. The van der Waals surface area contributed by atoms with Crippen molar-refractivity contribution in [2.24, 2.45) is 17.2 Å². The number of nitrogens with zero attached hydrogens (tertiary/aromatic N) is 3. The Hall–Kier alpha value is -11.4. The molecule has 110 heavy (non-hydrogen) atoms. The van der Waals surface area contributed by atoms with E-state index in [4.69, 9.17) is 32.5 Å². The molecule has 3 aromatic carbocycles. The molecule has 5 heterocycles. The number of primary amides is 1. The Morgan fingerprint density at radius 2 is 1.28 bits per heavy atom. The fraction of sp³-hybridized carbons (Fsp3) is 0.479. The minimum Gasteiger partial charge on any atom is -0.481 e. The number of amides is 12. The Balaban J connectivity index is 0.00000410. The van der Waals surface area contributed by atoms with Crippen molar-refractivity contribution < 1.29 is 87.2 Å². The van der Waals surface area contributed by atoms with Gasteiger partial charge in [-0.3, -0.25) is 77.3 Å². The topological polar surface area (TPSA) is 590 Å². The summed E-state index contributed by atoms with van der Waals surface area (Å²) in [7, 11) is 2.12. The summed E-state index contributed by atoms with van der Waals surface area (Å²) in [5, 5.41) is 63.1. The Bertz CT molecular complexity index is 4120. The van der Waals surface area contributed by atoms with Crippen LogP contribution in [0.2, 0.25) is 0 Å². The van der Waals surface area contributed by atoms with E-state index >= 15 is 14.4 Å². The summed E-state index contributed by atoms with van der Waals surface area (Å²) in [5.41, 5.74) is 18.9. The second kappa shape index (κ2) is 43.0.